The Morgan fingerprint density at radius 3 is 2.44 bits per heavy atom. The van der Waals surface area contributed by atoms with Gasteiger partial charge in [-0.25, -0.2) is 17.5 Å². The van der Waals surface area contributed by atoms with Crippen molar-refractivity contribution in [1.82, 2.24) is 4.72 Å². The summed E-state index contributed by atoms with van der Waals surface area (Å²) in [7, 11) is -2.09. The highest BCUT2D eigenvalue weighted by Gasteiger charge is 2.19. The van der Waals surface area contributed by atoms with Crippen LogP contribution in [0.25, 0.3) is 0 Å². The summed E-state index contributed by atoms with van der Waals surface area (Å²) in [4.78, 5) is 0.0566. The van der Waals surface area contributed by atoms with Crippen molar-refractivity contribution in [3.63, 3.8) is 0 Å². The van der Waals surface area contributed by atoms with Gasteiger partial charge < -0.3 is 4.74 Å². The summed E-state index contributed by atoms with van der Waals surface area (Å²) in [5.41, 5.74) is 0. The number of hydrogen-bond acceptors (Lipinski definition) is 3. The molecule has 0 spiro atoms. The van der Waals surface area contributed by atoms with E-state index in [0.29, 0.717) is 13.0 Å². The molecule has 0 heterocycles. The molecule has 0 saturated heterocycles. The maximum absolute atomic E-state index is 12.7. The molecule has 18 heavy (non-hydrogen) atoms. The zero-order chi connectivity index (χ0) is 13.6. The predicted molar refractivity (Wildman–Crippen MR) is 67.3 cm³/mol. The largest absolute Gasteiger partial charge is 0.383 e. The van der Waals surface area contributed by atoms with Crippen LogP contribution in [0.3, 0.4) is 0 Å². The van der Waals surface area contributed by atoms with Crippen LogP contribution in [-0.4, -0.2) is 28.2 Å². The van der Waals surface area contributed by atoms with Crippen molar-refractivity contribution >= 4 is 10.0 Å². The molecular weight excluding hydrogens is 257 g/mol. The Kier molecular flexibility index (Phi) is 5.71. The Hall–Kier alpha value is -0.980. The Balaban J connectivity index is 2.82. The first-order valence-corrected chi connectivity index (χ1v) is 7.24. The molecule has 0 saturated carbocycles. The number of hydrogen-bond donors (Lipinski definition) is 1. The first-order valence-electron chi connectivity index (χ1n) is 5.76. The standard InChI is InChI=1S/C12H18FNO3S/c1-3-4-11(9-17-2)14-18(15,16)12-7-5-10(13)6-8-12/h5-8,11,14H,3-4,9H2,1-2H3. The quantitative estimate of drug-likeness (QED) is 0.827. The summed E-state index contributed by atoms with van der Waals surface area (Å²) >= 11 is 0. The second-order valence-electron chi connectivity index (χ2n) is 4.02. The van der Waals surface area contributed by atoms with Gasteiger partial charge in [-0.05, 0) is 30.7 Å². The fourth-order valence-corrected chi connectivity index (χ4v) is 2.88. The van der Waals surface area contributed by atoms with Gasteiger partial charge in [-0.3, -0.25) is 0 Å². The van der Waals surface area contributed by atoms with Crippen molar-refractivity contribution < 1.29 is 17.5 Å². The third-order valence-corrected chi connectivity index (χ3v) is 3.99. The Morgan fingerprint density at radius 1 is 1.33 bits per heavy atom. The molecule has 102 valence electrons. The minimum Gasteiger partial charge on any atom is -0.383 e. The fraction of sp³-hybridized carbons (Fsp3) is 0.500. The van der Waals surface area contributed by atoms with Crippen molar-refractivity contribution in [2.75, 3.05) is 13.7 Å². The van der Waals surface area contributed by atoms with Gasteiger partial charge in [-0.2, -0.15) is 0 Å². The lowest BCUT2D eigenvalue weighted by molar-refractivity contribution is 0.171. The van der Waals surface area contributed by atoms with E-state index in [9.17, 15) is 12.8 Å². The first-order chi connectivity index (χ1) is 8.49. The van der Waals surface area contributed by atoms with Crippen LogP contribution in [0.1, 0.15) is 19.8 Å². The van der Waals surface area contributed by atoms with Crippen molar-refractivity contribution in [3.05, 3.63) is 30.1 Å². The fourth-order valence-electron chi connectivity index (χ4n) is 1.63. The molecule has 1 rings (SSSR count). The van der Waals surface area contributed by atoms with E-state index in [1.54, 1.807) is 0 Å². The number of halogens is 1. The van der Waals surface area contributed by atoms with Crippen LogP contribution in [0.2, 0.25) is 0 Å². The number of benzene rings is 1. The zero-order valence-electron chi connectivity index (χ0n) is 10.5. The molecule has 0 aliphatic rings. The molecule has 4 nitrogen and oxygen atoms in total. The summed E-state index contributed by atoms with van der Waals surface area (Å²) in [5, 5.41) is 0. The minimum atomic E-state index is -3.62. The summed E-state index contributed by atoms with van der Waals surface area (Å²) in [6.07, 6.45) is 1.54. The average molecular weight is 275 g/mol. The van der Waals surface area contributed by atoms with E-state index < -0.39 is 15.8 Å². The molecule has 0 aliphatic heterocycles. The number of methoxy groups -OCH3 is 1. The second-order valence-corrected chi connectivity index (χ2v) is 5.73. The number of sulfonamides is 1. The average Bonchev–Trinajstić information content (AvgIpc) is 2.29. The normalized spacial score (nSPS) is 13.5. The molecule has 0 radical (unpaired) electrons. The lowest BCUT2D eigenvalue weighted by Gasteiger charge is -2.17. The van der Waals surface area contributed by atoms with E-state index >= 15 is 0 Å². The Labute approximate surface area is 107 Å². The molecule has 0 aliphatic carbocycles. The second kappa shape index (κ2) is 6.82. The maximum Gasteiger partial charge on any atom is 0.240 e. The highest BCUT2D eigenvalue weighted by atomic mass is 32.2. The van der Waals surface area contributed by atoms with Crippen LogP contribution >= 0.6 is 0 Å². The Bertz CT molecular complexity index is 453. The van der Waals surface area contributed by atoms with Crippen LogP contribution in [0.4, 0.5) is 4.39 Å². The number of ether oxygens (including phenoxy) is 1. The molecule has 0 fully saturated rings. The molecule has 0 amide bonds. The minimum absolute atomic E-state index is 0.0566. The molecule has 1 unspecified atom stereocenters. The van der Waals surface area contributed by atoms with Crippen LogP contribution in [0, 0.1) is 5.82 Å². The van der Waals surface area contributed by atoms with Crippen LogP contribution < -0.4 is 4.72 Å². The molecule has 1 N–H and O–H groups in total. The highest BCUT2D eigenvalue weighted by molar-refractivity contribution is 7.89. The SMILES string of the molecule is CCCC(COC)NS(=O)(=O)c1ccc(F)cc1. The van der Waals surface area contributed by atoms with Gasteiger partial charge in [0.05, 0.1) is 11.5 Å². The van der Waals surface area contributed by atoms with E-state index in [2.05, 4.69) is 4.72 Å². The number of rotatable bonds is 7. The highest BCUT2D eigenvalue weighted by Crippen LogP contribution is 2.11. The monoisotopic (exact) mass is 275 g/mol. The molecule has 6 heteroatoms. The van der Waals surface area contributed by atoms with Crippen LogP contribution in [-0.2, 0) is 14.8 Å². The summed E-state index contributed by atoms with van der Waals surface area (Å²) in [5.74, 6) is -0.462. The van der Waals surface area contributed by atoms with Crippen molar-refractivity contribution in [2.45, 2.75) is 30.7 Å². The lowest BCUT2D eigenvalue weighted by Crippen LogP contribution is -2.37. The van der Waals surface area contributed by atoms with Gasteiger partial charge >= 0.3 is 0 Å². The van der Waals surface area contributed by atoms with Crippen molar-refractivity contribution in [2.24, 2.45) is 0 Å². The summed E-state index contributed by atoms with van der Waals surface area (Å²) < 4.78 is 44.3. The van der Waals surface area contributed by atoms with Gasteiger partial charge in [0, 0.05) is 13.2 Å². The topological polar surface area (TPSA) is 55.4 Å². The maximum atomic E-state index is 12.7. The third-order valence-electron chi connectivity index (χ3n) is 2.45. The van der Waals surface area contributed by atoms with E-state index in [4.69, 9.17) is 4.74 Å². The molecule has 0 bridgehead atoms. The van der Waals surface area contributed by atoms with Gasteiger partial charge in [0.1, 0.15) is 5.82 Å². The zero-order valence-corrected chi connectivity index (χ0v) is 11.3. The van der Waals surface area contributed by atoms with E-state index in [1.165, 1.54) is 19.2 Å². The summed E-state index contributed by atoms with van der Waals surface area (Å²) in [6.45, 7) is 2.28. The molecule has 1 atom stereocenters. The van der Waals surface area contributed by atoms with E-state index in [-0.39, 0.29) is 10.9 Å². The van der Waals surface area contributed by atoms with E-state index in [1.807, 2.05) is 6.92 Å². The van der Waals surface area contributed by atoms with Gasteiger partial charge in [0.15, 0.2) is 0 Å². The molecule has 1 aromatic rings. The molecule has 0 aromatic heterocycles. The van der Waals surface area contributed by atoms with Gasteiger partial charge in [-0.1, -0.05) is 13.3 Å². The van der Waals surface area contributed by atoms with Crippen molar-refractivity contribution in [1.29, 1.82) is 0 Å². The Morgan fingerprint density at radius 2 is 1.94 bits per heavy atom. The van der Waals surface area contributed by atoms with Gasteiger partial charge in [0.25, 0.3) is 0 Å². The third kappa shape index (κ3) is 4.36. The van der Waals surface area contributed by atoms with Gasteiger partial charge in [-0.15, -0.1) is 0 Å². The molecular formula is C12H18FNO3S. The van der Waals surface area contributed by atoms with E-state index in [0.717, 1.165) is 18.6 Å². The smallest absolute Gasteiger partial charge is 0.240 e. The first kappa shape index (κ1) is 15.1. The van der Waals surface area contributed by atoms with Crippen LogP contribution in [0.15, 0.2) is 29.2 Å². The number of nitrogens with one attached hydrogen (secondary N) is 1. The van der Waals surface area contributed by atoms with Gasteiger partial charge in [0.2, 0.25) is 10.0 Å². The summed E-state index contributed by atoms with van der Waals surface area (Å²) in [6, 6.07) is 4.47. The predicted octanol–water partition coefficient (Wildman–Crippen LogP) is 1.92. The molecule has 1 aromatic carbocycles. The van der Waals surface area contributed by atoms with Crippen LogP contribution in [0.5, 0.6) is 0 Å². The van der Waals surface area contributed by atoms with Crippen molar-refractivity contribution in [3.8, 4) is 0 Å². The lowest BCUT2D eigenvalue weighted by atomic mass is 10.2.